The van der Waals surface area contributed by atoms with Gasteiger partial charge in [0.05, 0.1) is 5.56 Å². The molecule has 0 fully saturated rings. The number of hydrogen-bond acceptors (Lipinski definition) is 5. The van der Waals surface area contributed by atoms with Crippen molar-refractivity contribution in [1.29, 1.82) is 0 Å². The molecule has 0 aliphatic carbocycles. The number of carbonyl (C=O) groups is 2. The maximum Gasteiger partial charge on any atom is 0.319 e. The Morgan fingerprint density at radius 1 is 1.15 bits per heavy atom. The summed E-state index contributed by atoms with van der Waals surface area (Å²) in [4.78, 5) is 27.4. The first kappa shape index (κ1) is 25.0. The van der Waals surface area contributed by atoms with Crippen molar-refractivity contribution in [2.24, 2.45) is 0 Å². The minimum Gasteiger partial charge on any atom is -0.480 e. The Bertz CT molecular complexity index is 977. The molecule has 2 aromatic rings. The average Bonchev–Trinajstić information content (AvgIpc) is 2.76. The van der Waals surface area contributed by atoms with Crippen LogP contribution in [-0.2, 0) is 4.79 Å². The van der Waals surface area contributed by atoms with E-state index in [1.165, 1.54) is 11.8 Å². The van der Waals surface area contributed by atoms with Crippen molar-refractivity contribution in [3.05, 3.63) is 54.1 Å². The number of nitrogens with zero attached hydrogens (tertiary/aromatic N) is 1. The van der Waals surface area contributed by atoms with E-state index in [-0.39, 0.29) is 11.6 Å². The molecule has 0 spiro atoms. The fraction of sp³-hybridized carbons (Fsp3) is 0.462. The number of hydrogen-bond donors (Lipinski definition) is 3. The smallest absolute Gasteiger partial charge is 0.319 e. The number of rotatable bonds is 11. The van der Waals surface area contributed by atoms with Gasteiger partial charge in [0, 0.05) is 29.4 Å². The van der Waals surface area contributed by atoms with E-state index in [0.717, 1.165) is 54.1 Å². The molecule has 0 saturated heterocycles. The first-order valence-corrected chi connectivity index (χ1v) is 12.4. The highest BCUT2D eigenvalue weighted by Gasteiger charge is 2.39. The lowest BCUT2D eigenvalue weighted by atomic mass is 9.96. The van der Waals surface area contributed by atoms with Crippen LogP contribution in [0.2, 0.25) is 0 Å². The van der Waals surface area contributed by atoms with Gasteiger partial charge in [-0.15, -0.1) is 11.8 Å². The molecule has 0 saturated carbocycles. The van der Waals surface area contributed by atoms with Gasteiger partial charge in [-0.25, -0.2) is 0 Å². The predicted molar refractivity (Wildman–Crippen MR) is 136 cm³/mol. The number of aliphatic carboxylic acids is 1. The lowest BCUT2D eigenvalue weighted by Gasteiger charge is -2.46. The van der Waals surface area contributed by atoms with Crippen LogP contribution in [-0.4, -0.2) is 45.4 Å². The number of fused-ring (bicyclic) bond motifs is 1. The number of thioether (sulfide) groups is 1. The van der Waals surface area contributed by atoms with E-state index in [1.807, 2.05) is 53.4 Å². The Morgan fingerprint density at radius 2 is 1.85 bits per heavy atom. The quantitative estimate of drug-likeness (QED) is 0.280. The molecule has 3 N–H and O–H groups in total. The van der Waals surface area contributed by atoms with Crippen molar-refractivity contribution >= 4 is 35.0 Å². The molecular weight excluding hydrogens is 434 g/mol. The lowest BCUT2D eigenvalue weighted by Crippen LogP contribution is -2.58. The number of para-hydroxylation sites is 1. The van der Waals surface area contributed by atoms with E-state index in [0.29, 0.717) is 6.54 Å². The van der Waals surface area contributed by atoms with Crippen LogP contribution in [0.5, 0.6) is 0 Å². The molecular formula is C26H35N3O3S. The van der Waals surface area contributed by atoms with Gasteiger partial charge in [0.1, 0.15) is 10.4 Å². The molecule has 178 valence electrons. The third-order valence-electron chi connectivity index (χ3n) is 6.02. The maximum absolute atomic E-state index is 13.2. The summed E-state index contributed by atoms with van der Waals surface area (Å²) in [5, 5.41) is 16.3. The van der Waals surface area contributed by atoms with Gasteiger partial charge in [-0.3, -0.25) is 9.59 Å². The van der Waals surface area contributed by atoms with Crippen molar-refractivity contribution < 1.29 is 14.7 Å². The fourth-order valence-electron chi connectivity index (χ4n) is 4.15. The van der Waals surface area contributed by atoms with E-state index in [1.54, 1.807) is 13.8 Å². The molecule has 0 radical (unpaired) electrons. The molecule has 33 heavy (non-hydrogen) atoms. The number of anilines is 2. The summed E-state index contributed by atoms with van der Waals surface area (Å²) in [6, 6.07) is 15.6. The van der Waals surface area contributed by atoms with E-state index >= 15 is 0 Å². The summed E-state index contributed by atoms with van der Waals surface area (Å²) in [7, 11) is 0. The first-order valence-electron chi connectivity index (χ1n) is 11.6. The molecule has 0 bridgehead atoms. The maximum atomic E-state index is 13.2. The average molecular weight is 470 g/mol. The Hall–Kier alpha value is -2.67. The Labute approximate surface area is 201 Å². The second-order valence-electron chi connectivity index (χ2n) is 9.23. The van der Waals surface area contributed by atoms with Crippen LogP contribution in [0, 0.1) is 0 Å². The number of benzene rings is 2. The lowest BCUT2D eigenvalue weighted by molar-refractivity contribution is -0.138. The number of unbranched alkanes of at least 4 members (excludes halogenated alkanes) is 1. The molecule has 6 nitrogen and oxygen atoms in total. The van der Waals surface area contributed by atoms with Gasteiger partial charge in [-0.05, 0) is 76.4 Å². The zero-order valence-corrected chi connectivity index (χ0v) is 20.8. The second kappa shape index (κ2) is 10.5. The summed E-state index contributed by atoms with van der Waals surface area (Å²) in [5.74, 6) is -0.721. The van der Waals surface area contributed by atoms with Crippen LogP contribution in [0.15, 0.2) is 53.4 Å². The number of nitrogens with one attached hydrogen (secondary N) is 2. The molecule has 1 heterocycles. The van der Waals surface area contributed by atoms with E-state index in [2.05, 4.69) is 24.5 Å². The summed E-state index contributed by atoms with van der Waals surface area (Å²) in [5.41, 5.74) is 2.30. The van der Waals surface area contributed by atoms with Crippen LogP contribution >= 0.6 is 11.8 Å². The van der Waals surface area contributed by atoms with Crippen molar-refractivity contribution in [2.45, 2.75) is 68.7 Å². The monoisotopic (exact) mass is 469 g/mol. The number of amides is 1. The topological polar surface area (TPSA) is 81.7 Å². The Kier molecular flexibility index (Phi) is 7.95. The first-order chi connectivity index (χ1) is 15.7. The fourth-order valence-corrected chi connectivity index (χ4v) is 5.09. The van der Waals surface area contributed by atoms with Gasteiger partial charge in [0.15, 0.2) is 0 Å². The van der Waals surface area contributed by atoms with Gasteiger partial charge in [0.25, 0.3) is 5.91 Å². The summed E-state index contributed by atoms with van der Waals surface area (Å²) < 4.78 is -0.859. The molecule has 3 rings (SSSR count). The highest BCUT2D eigenvalue weighted by atomic mass is 32.2. The zero-order chi connectivity index (χ0) is 24.1. The van der Waals surface area contributed by atoms with E-state index in [4.69, 9.17) is 0 Å². The van der Waals surface area contributed by atoms with E-state index in [9.17, 15) is 14.7 Å². The predicted octanol–water partition coefficient (Wildman–Crippen LogP) is 5.92. The van der Waals surface area contributed by atoms with Gasteiger partial charge in [-0.1, -0.05) is 25.5 Å². The normalized spacial score (nSPS) is 17.9. The number of carboxylic acid groups (broad SMARTS) is 1. The summed E-state index contributed by atoms with van der Waals surface area (Å²) in [6.45, 7) is 9.19. The third-order valence-corrected chi connectivity index (χ3v) is 7.21. The zero-order valence-electron chi connectivity index (χ0n) is 20.0. The van der Waals surface area contributed by atoms with Gasteiger partial charge in [-0.2, -0.15) is 0 Å². The standard InChI is InChI=1S/C26H35N3O3S/c1-5-16-26(4)28-22-11-7-6-10-21(22)23(30)29(26)18-9-8-17-27-19-12-14-20(15-13-19)33-25(2,3)24(31)32/h6-7,10-15,27-28H,5,8-9,16-18H2,1-4H3,(H,31,32). The van der Waals surface area contributed by atoms with Crippen molar-refractivity contribution in [1.82, 2.24) is 4.90 Å². The largest absolute Gasteiger partial charge is 0.480 e. The Morgan fingerprint density at radius 3 is 2.52 bits per heavy atom. The van der Waals surface area contributed by atoms with E-state index < -0.39 is 10.7 Å². The van der Waals surface area contributed by atoms with Crippen LogP contribution in [0.4, 0.5) is 11.4 Å². The molecule has 1 aliphatic heterocycles. The van der Waals surface area contributed by atoms with Crippen LogP contribution < -0.4 is 10.6 Å². The Balaban J connectivity index is 1.51. The summed E-state index contributed by atoms with van der Waals surface area (Å²) in [6.07, 6.45) is 3.74. The summed E-state index contributed by atoms with van der Waals surface area (Å²) >= 11 is 1.34. The molecule has 1 atom stereocenters. The van der Waals surface area contributed by atoms with Gasteiger partial charge in [0.2, 0.25) is 0 Å². The SMILES string of the molecule is CCCC1(C)Nc2ccccc2C(=O)N1CCCCNc1ccc(SC(C)(C)C(=O)O)cc1. The molecule has 0 aromatic heterocycles. The minimum atomic E-state index is -0.859. The minimum absolute atomic E-state index is 0.102. The van der Waals surface area contributed by atoms with Crippen LogP contribution in [0.3, 0.4) is 0 Å². The number of carboxylic acids is 1. The molecule has 7 heteroatoms. The molecule has 1 unspecified atom stereocenters. The van der Waals surface area contributed by atoms with Crippen LogP contribution in [0.1, 0.15) is 63.7 Å². The second-order valence-corrected chi connectivity index (χ2v) is 10.9. The highest BCUT2D eigenvalue weighted by Crippen LogP contribution is 2.34. The van der Waals surface area contributed by atoms with Gasteiger partial charge < -0.3 is 20.6 Å². The van der Waals surface area contributed by atoms with Crippen molar-refractivity contribution in [3.63, 3.8) is 0 Å². The molecule has 1 aliphatic rings. The van der Waals surface area contributed by atoms with Crippen molar-refractivity contribution in [2.75, 3.05) is 23.7 Å². The van der Waals surface area contributed by atoms with Crippen molar-refractivity contribution in [3.8, 4) is 0 Å². The molecule has 2 aromatic carbocycles. The molecule has 1 amide bonds. The highest BCUT2D eigenvalue weighted by molar-refractivity contribution is 8.01. The van der Waals surface area contributed by atoms with Crippen LogP contribution in [0.25, 0.3) is 0 Å². The third kappa shape index (κ3) is 6.02. The van der Waals surface area contributed by atoms with Gasteiger partial charge >= 0.3 is 5.97 Å². The number of carbonyl (C=O) groups excluding carboxylic acids is 1.